The molecule has 1 aliphatic carbocycles. The van der Waals surface area contributed by atoms with Crippen LogP contribution >= 0.6 is 0 Å². The SMILES string of the molecule is CC(C)(C)[C@@H]1CC2=C(Cc3c(C(=O)NS(C)(=O)=O)cccc32)c2cc(=O)c(C(=O)O)cn21. The lowest BCUT2D eigenvalue weighted by molar-refractivity contribution is 0.0693. The second kappa shape index (κ2) is 7.16. The van der Waals surface area contributed by atoms with Crippen LogP contribution in [0.3, 0.4) is 0 Å². The number of fused-ring (bicyclic) bond motifs is 4. The van der Waals surface area contributed by atoms with Crippen LogP contribution in [0.5, 0.6) is 0 Å². The minimum atomic E-state index is -3.72. The van der Waals surface area contributed by atoms with Crippen molar-refractivity contribution in [2.24, 2.45) is 5.41 Å². The standard InChI is InChI=1S/C23H24N2O6S/c1-23(2,3)20-9-15-12-6-5-7-13(21(27)24-32(4,30)31)14(12)8-16(15)18-10-19(26)17(22(28)29)11-25(18)20/h5-7,10-11,20H,8-9H2,1-4H3,(H,24,27)(H,28,29)/t20-/m0/s1. The zero-order valence-corrected chi connectivity index (χ0v) is 19.0. The van der Waals surface area contributed by atoms with Gasteiger partial charge in [0, 0.05) is 36.0 Å². The second-order valence-corrected chi connectivity index (χ2v) is 11.2. The first-order valence-electron chi connectivity index (χ1n) is 10.1. The van der Waals surface area contributed by atoms with Crippen molar-refractivity contribution in [3.8, 4) is 0 Å². The van der Waals surface area contributed by atoms with Crippen molar-refractivity contribution in [3.05, 3.63) is 68.6 Å². The summed E-state index contributed by atoms with van der Waals surface area (Å²) < 4.78 is 27.0. The predicted molar refractivity (Wildman–Crippen MR) is 120 cm³/mol. The summed E-state index contributed by atoms with van der Waals surface area (Å²) in [7, 11) is -3.72. The van der Waals surface area contributed by atoms with Gasteiger partial charge in [-0.1, -0.05) is 32.9 Å². The fourth-order valence-electron chi connectivity index (χ4n) is 4.65. The van der Waals surface area contributed by atoms with Gasteiger partial charge >= 0.3 is 5.97 Å². The number of sulfonamides is 1. The first-order valence-corrected chi connectivity index (χ1v) is 12.0. The number of amides is 1. The summed E-state index contributed by atoms with van der Waals surface area (Å²) in [5.74, 6) is -1.97. The molecule has 0 bridgehead atoms. The number of hydrogen-bond acceptors (Lipinski definition) is 5. The number of carbonyl (C=O) groups excluding carboxylic acids is 1. The Balaban J connectivity index is 1.90. The monoisotopic (exact) mass is 456 g/mol. The molecule has 0 saturated carbocycles. The Hall–Kier alpha value is -3.20. The Bertz CT molecular complexity index is 1380. The van der Waals surface area contributed by atoms with Crippen LogP contribution in [-0.2, 0) is 16.4 Å². The van der Waals surface area contributed by atoms with Gasteiger partial charge in [0.15, 0.2) is 5.43 Å². The largest absolute Gasteiger partial charge is 0.477 e. The van der Waals surface area contributed by atoms with Gasteiger partial charge in [0.2, 0.25) is 10.0 Å². The van der Waals surface area contributed by atoms with Crippen molar-refractivity contribution in [3.63, 3.8) is 0 Å². The molecule has 32 heavy (non-hydrogen) atoms. The van der Waals surface area contributed by atoms with E-state index in [4.69, 9.17) is 0 Å². The van der Waals surface area contributed by atoms with E-state index in [1.165, 1.54) is 12.3 Å². The van der Waals surface area contributed by atoms with Gasteiger partial charge in [0.1, 0.15) is 5.56 Å². The Morgan fingerprint density at radius 1 is 1.16 bits per heavy atom. The molecule has 1 aliphatic heterocycles. The molecule has 0 saturated heterocycles. The number of rotatable bonds is 3. The minimum absolute atomic E-state index is 0.116. The van der Waals surface area contributed by atoms with E-state index < -0.39 is 27.3 Å². The van der Waals surface area contributed by atoms with E-state index in [9.17, 15) is 27.9 Å². The molecule has 8 nitrogen and oxygen atoms in total. The summed E-state index contributed by atoms with van der Waals surface area (Å²) in [6, 6.07) is 6.44. The molecule has 1 atom stereocenters. The quantitative estimate of drug-likeness (QED) is 0.732. The third-order valence-corrected chi connectivity index (χ3v) is 6.65. The van der Waals surface area contributed by atoms with Crippen molar-refractivity contribution < 1.29 is 23.1 Å². The van der Waals surface area contributed by atoms with Gasteiger partial charge in [-0.25, -0.2) is 17.9 Å². The first-order chi connectivity index (χ1) is 14.8. The molecule has 1 aromatic heterocycles. The number of allylic oxidation sites excluding steroid dienone is 2. The number of nitrogens with zero attached hydrogens (tertiary/aromatic N) is 1. The van der Waals surface area contributed by atoms with Crippen molar-refractivity contribution in [1.82, 2.24) is 9.29 Å². The number of nitrogens with one attached hydrogen (secondary N) is 1. The summed E-state index contributed by atoms with van der Waals surface area (Å²) in [5.41, 5.74) is 3.22. The molecule has 0 radical (unpaired) electrons. The third-order valence-electron chi connectivity index (χ3n) is 6.09. The Morgan fingerprint density at radius 3 is 2.44 bits per heavy atom. The summed E-state index contributed by atoms with van der Waals surface area (Å²) in [4.78, 5) is 36.8. The van der Waals surface area contributed by atoms with Crippen LogP contribution in [0.1, 0.15) is 70.8 Å². The van der Waals surface area contributed by atoms with Crippen LogP contribution in [-0.4, -0.2) is 36.2 Å². The number of pyridine rings is 1. The maximum Gasteiger partial charge on any atom is 0.341 e. The number of carboxylic acid groups (broad SMARTS) is 1. The minimum Gasteiger partial charge on any atom is -0.477 e. The molecule has 2 heterocycles. The molecule has 1 aromatic carbocycles. The lowest BCUT2D eigenvalue weighted by Crippen LogP contribution is -2.32. The molecule has 168 valence electrons. The first kappa shape index (κ1) is 22.0. The fourth-order valence-corrected chi connectivity index (χ4v) is 5.09. The number of carboxylic acids is 1. The van der Waals surface area contributed by atoms with E-state index in [1.54, 1.807) is 12.1 Å². The third kappa shape index (κ3) is 3.66. The van der Waals surface area contributed by atoms with Crippen LogP contribution in [0, 0.1) is 5.41 Å². The molecular weight excluding hydrogens is 432 g/mol. The van der Waals surface area contributed by atoms with Crippen molar-refractivity contribution in [2.75, 3.05) is 6.26 Å². The van der Waals surface area contributed by atoms with Crippen LogP contribution in [0.15, 0.2) is 35.3 Å². The average molecular weight is 457 g/mol. The molecule has 1 amide bonds. The van der Waals surface area contributed by atoms with Crippen LogP contribution in [0.25, 0.3) is 11.1 Å². The summed E-state index contributed by atoms with van der Waals surface area (Å²) in [6.45, 7) is 6.16. The topological polar surface area (TPSA) is 123 Å². The highest BCUT2D eigenvalue weighted by molar-refractivity contribution is 7.89. The normalized spacial score (nSPS) is 17.4. The number of benzene rings is 1. The van der Waals surface area contributed by atoms with Crippen LogP contribution in [0.4, 0.5) is 0 Å². The second-order valence-electron chi connectivity index (χ2n) is 9.40. The van der Waals surface area contributed by atoms with Crippen LogP contribution < -0.4 is 10.2 Å². The summed E-state index contributed by atoms with van der Waals surface area (Å²) in [5, 5.41) is 9.46. The van der Waals surface area contributed by atoms with Crippen molar-refractivity contribution in [2.45, 2.75) is 39.7 Å². The molecule has 2 aromatic rings. The van der Waals surface area contributed by atoms with E-state index in [0.717, 1.165) is 23.0 Å². The highest BCUT2D eigenvalue weighted by atomic mass is 32.2. The van der Waals surface area contributed by atoms with Gasteiger partial charge in [-0.15, -0.1) is 0 Å². The smallest absolute Gasteiger partial charge is 0.341 e. The molecular formula is C23H24N2O6S. The molecule has 0 fully saturated rings. The van der Waals surface area contributed by atoms with E-state index in [0.29, 0.717) is 24.1 Å². The number of aromatic carboxylic acids is 1. The maximum atomic E-state index is 12.6. The maximum absolute atomic E-state index is 12.6. The van der Waals surface area contributed by atoms with E-state index in [-0.39, 0.29) is 22.6 Å². The highest BCUT2D eigenvalue weighted by Crippen LogP contribution is 2.50. The molecule has 2 N–H and O–H groups in total. The van der Waals surface area contributed by atoms with Gasteiger partial charge in [0.05, 0.1) is 6.26 Å². The summed E-state index contributed by atoms with van der Waals surface area (Å²) >= 11 is 0. The van der Waals surface area contributed by atoms with Gasteiger partial charge in [-0.05, 0) is 40.2 Å². The Kier molecular flexibility index (Phi) is 4.93. The predicted octanol–water partition coefficient (Wildman–Crippen LogP) is 2.69. The number of hydrogen-bond donors (Lipinski definition) is 2. The van der Waals surface area contributed by atoms with Crippen molar-refractivity contribution >= 4 is 33.0 Å². The molecule has 2 aliphatic rings. The average Bonchev–Trinajstić information content (AvgIpc) is 3.03. The molecule has 0 unspecified atom stereocenters. The Labute approximate surface area is 185 Å². The lowest BCUT2D eigenvalue weighted by Gasteiger charge is -2.39. The molecule has 0 spiro atoms. The zero-order chi connectivity index (χ0) is 23.6. The number of carbonyl (C=O) groups is 2. The summed E-state index contributed by atoms with van der Waals surface area (Å²) in [6.07, 6.45) is 3.28. The van der Waals surface area contributed by atoms with Crippen molar-refractivity contribution in [1.29, 1.82) is 0 Å². The fraction of sp³-hybridized carbons (Fsp3) is 0.348. The number of aromatic nitrogens is 1. The van der Waals surface area contributed by atoms with Crippen LogP contribution in [0.2, 0.25) is 0 Å². The molecule has 4 rings (SSSR count). The zero-order valence-electron chi connectivity index (χ0n) is 18.2. The molecule has 9 heteroatoms. The van der Waals surface area contributed by atoms with E-state index in [1.807, 2.05) is 15.4 Å². The van der Waals surface area contributed by atoms with Gasteiger partial charge in [-0.2, -0.15) is 0 Å². The van der Waals surface area contributed by atoms with E-state index in [2.05, 4.69) is 20.8 Å². The van der Waals surface area contributed by atoms with Gasteiger partial charge < -0.3 is 9.67 Å². The van der Waals surface area contributed by atoms with Gasteiger partial charge in [-0.3, -0.25) is 9.59 Å². The highest BCUT2D eigenvalue weighted by Gasteiger charge is 2.38. The van der Waals surface area contributed by atoms with E-state index >= 15 is 0 Å². The Morgan fingerprint density at radius 2 is 1.84 bits per heavy atom. The van der Waals surface area contributed by atoms with Gasteiger partial charge in [0.25, 0.3) is 5.91 Å². The lowest BCUT2D eigenvalue weighted by atomic mass is 9.78.